The van der Waals surface area contributed by atoms with E-state index in [-0.39, 0.29) is 22.9 Å². The summed E-state index contributed by atoms with van der Waals surface area (Å²) in [5.41, 5.74) is 2.65. The number of aromatic hydroxyl groups is 1. The molecule has 1 aliphatic rings. The number of phenols is 1. The van der Waals surface area contributed by atoms with Crippen molar-refractivity contribution in [3.8, 4) is 5.75 Å². The molecule has 3 aromatic rings. The largest absolute Gasteiger partial charge is 0.506 e. The van der Waals surface area contributed by atoms with E-state index in [1.807, 2.05) is 19.9 Å². The topological polar surface area (TPSA) is 95.4 Å². The Bertz CT molecular complexity index is 1220. The first-order valence-corrected chi connectivity index (χ1v) is 10.9. The smallest absolute Gasteiger partial charge is 0.278 e. The molecule has 0 saturated heterocycles. The van der Waals surface area contributed by atoms with Gasteiger partial charge >= 0.3 is 0 Å². The molecule has 2 heterocycles. The molecule has 0 bridgehead atoms. The minimum absolute atomic E-state index is 0.0385. The maximum atomic E-state index is 13.3. The third-order valence-corrected chi connectivity index (χ3v) is 5.90. The molecular weight excluding hydrogens is 448 g/mol. The number of nitrogens with one attached hydrogen (secondary N) is 1. The fourth-order valence-corrected chi connectivity index (χ4v) is 4.34. The Labute approximate surface area is 194 Å². The van der Waals surface area contributed by atoms with Crippen LogP contribution in [-0.4, -0.2) is 31.8 Å². The average Bonchev–Trinajstić information content (AvgIpc) is 2.95. The summed E-state index contributed by atoms with van der Waals surface area (Å²) >= 11 is 6.97. The van der Waals surface area contributed by atoms with E-state index >= 15 is 0 Å². The van der Waals surface area contributed by atoms with Crippen LogP contribution in [0.1, 0.15) is 17.0 Å². The number of carbonyl (C=O) groups is 2. The Morgan fingerprint density at radius 3 is 2.31 bits per heavy atom. The average molecular weight is 467 g/mol. The third-order valence-electron chi connectivity index (χ3n) is 4.70. The van der Waals surface area contributed by atoms with Crippen LogP contribution in [-0.2, 0) is 16.1 Å². The van der Waals surface area contributed by atoms with Crippen LogP contribution in [0, 0.1) is 13.8 Å². The van der Waals surface area contributed by atoms with E-state index in [4.69, 9.17) is 11.6 Å². The van der Waals surface area contributed by atoms with Crippen LogP contribution < -0.4 is 5.32 Å². The molecule has 162 valence electrons. The van der Waals surface area contributed by atoms with E-state index in [0.29, 0.717) is 15.9 Å². The predicted octanol–water partition coefficient (Wildman–Crippen LogP) is 4.44. The molecule has 0 radical (unpaired) electrons. The molecule has 4 rings (SSSR count). The molecule has 0 unspecified atom stereocenters. The first kappa shape index (κ1) is 21.9. The molecule has 0 aliphatic carbocycles. The van der Waals surface area contributed by atoms with Gasteiger partial charge in [0.15, 0.2) is 5.16 Å². The highest BCUT2D eigenvalue weighted by atomic mass is 35.5. The zero-order valence-corrected chi connectivity index (χ0v) is 18.9. The standard InChI is InChI=1S/C23H19ClN4O3S/c1-13-11-14(2)26-23(25-13)32-20-19(27-17-5-3-4-6-18(17)29)21(30)28(22(20)31)12-15-7-9-16(24)10-8-15/h3-11,27,29H,12H2,1-2H3. The van der Waals surface area contributed by atoms with Gasteiger partial charge in [0.05, 0.1) is 12.2 Å². The highest BCUT2D eigenvalue weighted by Crippen LogP contribution is 2.36. The van der Waals surface area contributed by atoms with Gasteiger partial charge in [-0.15, -0.1) is 0 Å². The van der Waals surface area contributed by atoms with E-state index in [1.165, 1.54) is 6.07 Å². The van der Waals surface area contributed by atoms with E-state index < -0.39 is 11.8 Å². The molecule has 2 amide bonds. The molecule has 0 spiro atoms. The Kier molecular flexibility index (Phi) is 6.16. The number of imide groups is 1. The number of anilines is 1. The Morgan fingerprint density at radius 1 is 1.00 bits per heavy atom. The Hall–Kier alpha value is -3.36. The summed E-state index contributed by atoms with van der Waals surface area (Å²) in [6.07, 6.45) is 0. The van der Waals surface area contributed by atoms with Gasteiger partial charge in [0.1, 0.15) is 16.4 Å². The van der Waals surface area contributed by atoms with Crippen molar-refractivity contribution in [1.82, 2.24) is 14.9 Å². The summed E-state index contributed by atoms with van der Waals surface area (Å²) in [5, 5.41) is 14.0. The first-order chi connectivity index (χ1) is 15.3. The maximum absolute atomic E-state index is 13.3. The molecule has 0 saturated carbocycles. The Balaban J connectivity index is 1.71. The van der Waals surface area contributed by atoms with Gasteiger partial charge in [0.25, 0.3) is 11.8 Å². The summed E-state index contributed by atoms with van der Waals surface area (Å²) < 4.78 is 0. The van der Waals surface area contributed by atoms with Crippen LogP contribution in [0.5, 0.6) is 5.75 Å². The summed E-state index contributed by atoms with van der Waals surface area (Å²) in [5.74, 6) is -1.00. The van der Waals surface area contributed by atoms with Crippen LogP contribution in [0.3, 0.4) is 0 Å². The van der Waals surface area contributed by atoms with Crippen molar-refractivity contribution in [3.05, 3.63) is 87.2 Å². The SMILES string of the molecule is Cc1cc(C)nc(SC2=C(Nc3ccccc3O)C(=O)N(Cc3ccc(Cl)cc3)C2=O)n1. The van der Waals surface area contributed by atoms with Crippen molar-refractivity contribution >= 4 is 40.9 Å². The summed E-state index contributed by atoms with van der Waals surface area (Å²) in [6, 6.07) is 15.3. The highest BCUT2D eigenvalue weighted by Gasteiger charge is 2.40. The molecule has 7 nitrogen and oxygen atoms in total. The van der Waals surface area contributed by atoms with Gasteiger partial charge in [0, 0.05) is 16.4 Å². The predicted molar refractivity (Wildman–Crippen MR) is 123 cm³/mol. The number of hydrogen-bond acceptors (Lipinski definition) is 7. The van der Waals surface area contributed by atoms with E-state index in [0.717, 1.165) is 33.6 Å². The lowest BCUT2D eigenvalue weighted by molar-refractivity contribution is -0.137. The lowest BCUT2D eigenvalue weighted by Gasteiger charge is -2.15. The van der Waals surface area contributed by atoms with Gasteiger partial charge in [-0.05, 0) is 61.5 Å². The number of carbonyl (C=O) groups excluding carboxylic acids is 2. The monoisotopic (exact) mass is 466 g/mol. The fourth-order valence-electron chi connectivity index (χ4n) is 3.22. The number of aryl methyl sites for hydroxylation is 2. The van der Waals surface area contributed by atoms with Gasteiger partial charge in [-0.1, -0.05) is 35.9 Å². The fraction of sp³-hybridized carbons (Fsp3) is 0.130. The molecular formula is C23H19ClN4O3S. The van der Waals surface area contributed by atoms with Crippen molar-refractivity contribution < 1.29 is 14.7 Å². The van der Waals surface area contributed by atoms with Crippen molar-refractivity contribution in [2.24, 2.45) is 0 Å². The van der Waals surface area contributed by atoms with Crippen LogP contribution in [0.4, 0.5) is 5.69 Å². The summed E-state index contributed by atoms with van der Waals surface area (Å²) in [4.78, 5) is 36.6. The van der Waals surface area contributed by atoms with Gasteiger partial charge < -0.3 is 10.4 Å². The molecule has 0 fully saturated rings. The number of amides is 2. The molecule has 2 N–H and O–H groups in total. The molecule has 1 aromatic heterocycles. The number of thioether (sulfide) groups is 1. The van der Waals surface area contributed by atoms with Crippen molar-refractivity contribution in [3.63, 3.8) is 0 Å². The Morgan fingerprint density at radius 2 is 1.66 bits per heavy atom. The van der Waals surface area contributed by atoms with Crippen molar-refractivity contribution in [2.45, 2.75) is 25.5 Å². The number of nitrogens with zero attached hydrogens (tertiary/aromatic N) is 3. The minimum Gasteiger partial charge on any atom is -0.506 e. The summed E-state index contributed by atoms with van der Waals surface area (Å²) in [6.45, 7) is 3.75. The second kappa shape index (κ2) is 9.02. The maximum Gasteiger partial charge on any atom is 0.278 e. The van der Waals surface area contributed by atoms with Gasteiger partial charge in [-0.3, -0.25) is 14.5 Å². The lowest BCUT2D eigenvalue weighted by atomic mass is 10.2. The van der Waals surface area contributed by atoms with Crippen LogP contribution in [0.25, 0.3) is 0 Å². The second-order valence-corrected chi connectivity index (χ2v) is 8.62. The quantitative estimate of drug-likeness (QED) is 0.315. The van der Waals surface area contributed by atoms with E-state index in [2.05, 4.69) is 15.3 Å². The van der Waals surface area contributed by atoms with E-state index in [1.54, 1.807) is 42.5 Å². The number of para-hydroxylation sites is 2. The molecule has 0 atom stereocenters. The number of hydrogen-bond donors (Lipinski definition) is 2. The number of aromatic nitrogens is 2. The molecule has 32 heavy (non-hydrogen) atoms. The zero-order valence-electron chi connectivity index (χ0n) is 17.3. The summed E-state index contributed by atoms with van der Waals surface area (Å²) in [7, 11) is 0. The molecule has 1 aliphatic heterocycles. The number of phenolic OH excluding ortho intramolecular Hbond substituents is 1. The number of rotatable bonds is 6. The van der Waals surface area contributed by atoms with Gasteiger partial charge in [-0.25, -0.2) is 9.97 Å². The van der Waals surface area contributed by atoms with Crippen LogP contribution in [0.15, 0.2) is 70.4 Å². The van der Waals surface area contributed by atoms with Crippen LogP contribution in [0.2, 0.25) is 5.02 Å². The third kappa shape index (κ3) is 4.61. The lowest BCUT2D eigenvalue weighted by Crippen LogP contribution is -2.31. The van der Waals surface area contributed by atoms with Crippen molar-refractivity contribution in [2.75, 3.05) is 5.32 Å². The van der Waals surface area contributed by atoms with Gasteiger partial charge in [-0.2, -0.15) is 0 Å². The zero-order chi connectivity index (χ0) is 22.8. The van der Waals surface area contributed by atoms with Crippen molar-refractivity contribution in [1.29, 1.82) is 0 Å². The number of halogens is 1. The van der Waals surface area contributed by atoms with E-state index in [9.17, 15) is 14.7 Å². The van der Waals surface area contributed by atoms with Crippen LogP contribution >= 0.6 is 23.4 Å². The number of benzene rings is 2. The first-order valence-electron chi connectivity index (χ1n) is 9.72. The minimum atomic E-state index is -0.500. The van der Waals surface area contributed by atoms with Gasteiger partial charge in [0.2, 0.25) is 0 Å². The molecule has 2 aromatic carbocycles. The normalized spacial score (nSPS) is 13.8. The second-order valence-electron chi connectivity index (χ2n) is 7.20. The molecule has 9 heteroatoms. The highest BCUT2D eigenvalue weighted by molar-refractivity contribution is 8.04.